The van der Waals surface area contributed by atoms with E-state index >= 15 is 0 Å². The molecular weight excluding hydrogens is 434 g/mol. The van der Waals surface area contributed by atoms with Crippen LogP contribution in [0.4, 0.5) is 11.4 Å². The zero-order valence-corrected chi connectivity index (χ0v) is 18.3. The van der Waals surface area contributed by atoms with E-state index in [1.165, 1.54) is 4.68 Å². The van der Waals surface area contributed by atoms with Crippen LogP contribution in [0.1, 0.15) is 32.9 Å². The summed E-state index contributed by atoms with van der Waals surface area (Å²) in [5.74, 6) is -0.617. The van der Waals surface area contributed by atoms with Crippen LogP contribution >= 0.6 is 15.9 Å². The summed E-state index contributed by atoms with van der Waals surface area (Å²) in [7, 11) is 0. The molecule has 2 aromatic carbocycles. The van der Waals surface area contributed by atoms with E-state index in [4.69, 9.17) is 0 Å². The summed E-state index contributed by atoms with van der Waals surface area (Å²) >= 11 is 3.44. The fourth-order valence-electron chi connectivity index (χ4n) is 2.84. The first kappa shape index (κ1) is 20.7. The quantitative estimate of drug-likeness (QED) is 0.604. The third-order valence-electron chi connectivity index (χ3n) is 4.74. The van der Waals surface area contributed by atoms with E-state index in [2.05, 4.69) is 36.9 Å². The van der Waals surface area contributed by atoms with E-state index in [0.29, 0.717) is 11.4 Å². The van der Waals surface area contributed by atoms with Crippen LogP contribution in [-0.4, -0.2) is 26.8 Å². The highest BCUT2D eigenvalue weighted by Crippen LogP contribution is 2.24. The first-order valence-electron chi connectivity index (χ1n) is 9.10. The standard InChI is InChI=1S/C21H22BrN5O2/c1-12-8-9-18(16(22)10-12)24-21(29)20-15(4)27(26-25-20)11-19(28)23-17-7-5-6-13(2)14(17)3/h5-10H,11H2,1-4H3,(H,23,28)(H,24,29). The minimum atomic E-state index is -0.381. The number of aryl methyl sites for hydroxylation is 2. The van der Waals surface area contributed by atoms with E-state index in [1.807, 2.05) is 57.2 Å². The zero-order chi connectivity index (χ0) is 21.1. The number of nitrogens with one attached hydrogen (secondary N) is 2. The van der Waals surface area contributed by atoms with Crippen molar-refractivity contribution >= 4 is 39.1 Å². The number of anilines is 2. The van der Waals surface area contributed by atoms with Crippen molar-refractivity contribution in [2.24, 2.45) is 0 Å². The predicted molar refractivity (Wildman–Crippen MR) is 116 cm³/mol. The van der Waals surface area contributed by atoms with Crippen LogP contribution in [0.2, 0.25) is 0 Å². The molecule has 0 atom stereocenters. The summed E-state index contributed by atoms with van der Waals surface area (Å²) in [6, 6.07) is 11.4. The van der Waals surface area contributed by atoms with Gasteiger partial charge in [-0.25, -0.2) is 4.68 Å². The summed E-state index contributed by atoms with van der Waals surface area (Å²) < 4.78 is 2.20. The fourth-order valence-corrected chi connectivity index (χ4v) is 3.43. The van der Waals surface area contributed by atoms with Crippen LogP contribution in [0.5, 0.6) is 0 Å². The van der Waals surface area contributed by atoms with Gasteiger partial charge in [0.25, 0.3) is 5.91 Å². The van der Waals surface area contributed by atoms with Crippen molar-refractivity contribution in [3.8, 4) is 0 Å². The molecule has 0 aliphatic heterocycles. The number of benzene rings is 2. The molecule has 0 fully saturated rings. The van der Waals surface area contributed by atoms with Crippen LogP contribution in [0.3, 0.4) is 0 Å². The van der Waals surface area contributed by atoms with Gasteiger partial charge in [-0.05, 0) is 78.5 Å². The molecule has 7 nitrogen and oxygen atoms in total. The number of carbonyl (C=O) groups excluding carboxylic acids is 2. The maximum absolute atomic E-state index is 12.6. The van der Waals surface area contributed by atoms with Crippen molar-refractivity contribution in [3.05, 3.63) is 68.9 Å². The average molecular weight is 456 g/mol. The lowest BCUT2D eigenvalue weighted by Crippen LogP contribution is -2.21. The second-order valence-corrected chi connectivity index (χ2v) is 7.77. The smallest absolute Gasteiger partial charge is 0.278 e. The van der Waals surface area contributed by atoms with Crippen molar-refractivity contribution < 1.29 is 9.59 Å². The predicted octanol–water partition coefficient (Wildman–Crippen LogP) is 4.17. The van der Waals surface area contributed by atoms with Gasteiger partial charge in [-0.15, -0.1) is 5.10 Å². The highest BCUT2D eigenvalue weighted by atomic mass is 79.9. The Hall–Kier alpha value is -3.00. The van der Waals surface area contributed by atoms with Crippen molar-refractivity contribution in [1.29, 1.82) is 0 Å². The van der Waals surface area contributed by atoms with Crippen LogP contribution in [0.15, 0.2) is 40.9 Å². The molecule has 3 rings (SSSR count). The summed E-state index contributed by atoms with van der Waals surface area (Å²) in [5, 5.41) is 13.6. The molecule has 0 spiro atoms. The van der Waals surface area contributed by atoms with Gasteiger partial charge < -0.3 is 10.6 Å². The third-order valence-corrected chi connectivity index (χ3v) is 5.40. The Labute approximate surface area is 177 Å². The third kappa shape index (κ3) is 4.71. The molecule has 29 heavy (non-hydrogen) atoms. The van der Waals surface area contributed by atoms with Crippen LogP contribution in [-0.2, 0) is 11.3 Å². The molecule has 0 unspecified atom stereocenters. The van der Waals surface area contributed by atoms with E-state index < -0.39 is 0 Å². The lowest BCUT2D eigenvalue weighted by Gasteiger charge is -2.11. The molecule has 2 N–H and O–H groups in total. The molecular formula is C21H22BrN5O2. The fraction of sp³-hybridized carbons (Fsp3) is 0.238. The molecule has 1 aromatic heterocycles. The summed E-state index contributed by atoms with van der Waals surface area (Å²) in [5.41, 5.74) is 5.28. The highest BCUT2D eigenvalue weighted by molar-refractivity contribution is 9.10. The summed E-state index contributed by atoms with van der Waals surface area (Å²) in [6.45, 7) is 7.59. The van der Waals surface area contributed by atoms with E-state index in [9.17, 15) is 9.59 Å². The van der Waals surface area contributed by atoms with Gasteiger partial charge in [0.1, 0.15) is 6.54 Å². The highest BCUT2D eigenvalue weighted by Gasteiger charge is 2.19. The van der Waals surface area contributed by atoms with E-state index in [1.54, 1.807) is 6.92 Å². The molecule has 2 amide bonds. The molecule has 3 aromatic rings. The van der Waals surface area contributed by atoms with Crippen molar-refractivity contribution in [1.82, 2.24) is 15.0 Å². The van der Waals surface area contributed by atoms with Gasteiger partial charge in [-0.3, -0.25) is 9.59 Å². The maximum atomic E-state index is 12.6. The van der Waals surface area contributed by atoms with Gasteiger partial charge in [0, 0.05) is 10.2 Å². The van der Waals surface area contributed by atoms with Gasteiger partial charge in [-0.2, -0.15) is 0 Å². The second kappa shape index (κ2) is 8.57. The Morgan fingerprint density at radius 1 is 1.03 bits per heavy atom. The number of hydrogen-bond acceptors (Lipinski definition) is 4. The van der Waals surface area contributed by atoms with Crippen LogP contribution < -0.4 is 10.6 Å². The molecule has 0 saturated heterocycles. The molecule has 150 valence electrons. The Balaban J connectivity index is 1.70. The van der Waals surface area contributed by atoms with Crippen LogP contribution in [0, 0.1) is 27.7 Å². The molecule has 0 bridgehead atoms. The van der Waals surface area contributed by atoms with E-state index in [-0.39, 0.29) is 24.1 Å². The Bertz CT molecular complexity index is 1090. The number of rotatable bonds is 5. The zero-order valence-electron chi connectivity index (χ0n) is 16.7. The molecule has 0 radical (unpaired) electrons. The van der Waals surface area contributed by atoms with Crippen molar-refractivity contribution in [2.45, 2.75) is 34.2 Å². The lowest BCUT2D eigenvalue weighted by molar-refractivity contribution is -0.117. The average Bonchev–Trinajstić information content (AvgIpc) is 3.02. The Morgan fingerprint density at radius 2 is 1.79 bits per heavy atom. The molecule has 1 heterocycles. The summed E-state index contributed by atoms with van der Waals surface area (Å²) in [4.78, 5) is 25.0. The van der Waals surface area contributed by atoms with Crippen LogP contribution in [0.25, 0.3) is 0 Å². The number of hydrogen-bond donors (Lipinski definition) is 2. The van der Waals surface area contributed by atoms with Gasteiger partial charge in [0.15, 0.2) is 5.69 Å². The number of carbonyl (C=O) groups is 2. The van der Waals surface area contributed by atoms with Gasteiger partial charge >= 0.3 is 0 Å². The van der Waals surface area contributed by atoms with E-state index in [0.717, 1.165) is 26.9 Å². The monoisotopic (exact) mass is 455 g/mol. The molecule has 8 heteroatoms. The minimum Gasteiger partial charge on any atom is -0.324 e. The Morgan fingerprint density at radius 3 is 2.52 bits per heavy atom. The van der Waals surface area contributed by atoms with Gasteiger partial charge in [0.05, 0.1) is 11.4 Å². The number of halogens is 1. The number of nitrogens with zero attached hydrogens (tertiary/aromatic N) is 3. The topological polar surface area (TPSA) is 88.9 Å². The summed E-state index contributed by atoms with van der Waals surface area (Å²) in [6.07, 6.45) is 0. The van der Waals surface area contributed by atoms with Crippen molar-refractivity contribution in [2.75, 3.05) is 10.6 Å². The Kier molecular flexibility index (Phi) is 6.12. The SMILES string of the molecule is Cc1ccc(NC(=O)c2nnn(CC(=O)Nc3cccc(C)c3C)c2C)c(Br)c1. The van der Waals surface area contributed by atoms with Gasteiger partial charge in [-0.1, -0.05) is 23.4 Å². The number of aromatic nitrogens is 3. The minimum absolute atomic E-state index is 0.0340. The maximum Gasteiger partial charge on any atom is 0.278 e. The second-order valence-electron chi connectivity index (χ2n) is 6.91. The molecule has 0 aliphatic carbocycles. The lowest BCUT2D eigenvalue weighted by atomic mass is 10.1. The molecule has 0 saturated carbocycles. The first-order valence-corrected chi connectivity index (χ1v) is 9.89. The van der Waals surface area contributed by atoms with Gasteiger partial charge in [0.2, 0.25) is 5.91 Å². The largest absolute Gasteiger partial charge is 0.324 e. The number of amides is 2. The molecule has 0 aliphatic rings. The normalized spacial score (nSPS) is 10.7. The van der Waals surface area contributed by atoms with Crippen molar-refractivity contribution in [3.63, 3.8) is 0 Å². The first-order chi connectivity index (χ1) is 13.8.